The lowest BCUT2D eigenvalue weighted by atomic mass is 9.34. The highest BCUT2D eigenvalue weighted by molar-refractivity contribution is 6.31. The van der Waals surface area contributed by atoms with Gasteiger partial charge in [0.25, 0.3) is 5.56 Å². The van der Waals surface area contributed by atoms with Gasteiger partial charge in [-0.3, -0.25) is 9.36 Å². The number of nitrogens with one attached hydrogen (secondary N) is 1. The van der Waals surface area contributed by atoms with Crippen LogP contribution in [0.3, 0.4) is 0 Å². The minimum atomic E-state index is -1.21. The average molecular weight is 541 g/mol. The van der Waals surface area contributed by atoms with Gasteiger partial charge in [-0.1, -0.05) is 28.4 Å². The third-order valence-corrected chi connectivity index (χ3v) is 7.99. The number of carbonyl (C=O) groups is 1. The van der Waals surface area contributed by atoms with Gasteiger partial charge in [-0.2, -0.15) is 4.98 Å². The molecule has 7 rings (SSSR count). The Morgan fingerprint density at radius 3 is 2.54 bits per heavy atom. The van der Waals surface area contributed by atoms with Crippen molar-refractivity contribution in [1.82, 2.24) is 24.7 Å². The number of anilines is 1. The molecule has 12 heteroatoms. The second-order valence-corrected chi connectivity index (χ2v) is 11.0. The molecule has 0 amide bonds. The van der Waals surface area contributed by atoms with Crippen molar-refractivity contribution in [1.29, 1.82) is 0 Å². The number of rotatable bonds is 6. The molecule has 0 radical (unpaired) electrons. The van der Waals surface area contributed by atoms with Crippen LogP contribution in [-0.2, 0) is 17.9 Å². The standard InChI is InChI=1S/C25H22Cl2N6O4/c1-11(28-16-4-5-17(27)30-19(16)21(35)36)14-6-13(26)7-15-18(14)31-22(33(3)20(15)34)24-8-25(9-24,10-24)23-29-12(2)32-37-23/h4-7,11,28H,8-10H2,1-3H3,(H,35,36)/t11-,24?,25?/m1/s1. The lowest BCUT2D eigenvalue weighted by molar-refractivity contribution is -0.0966. The maximum atomic E-state index is 13.5. The molecule has 3 fully saturated rings. The highest BCUT2D eigenvalue weighted by Gasteiger charge is 2.73. The van der Waals surface area contributed by atoms with Gasteiger partial charge in [0.15, 0.2) is 11.5 Å². The molecular formula is C25H22Cl2N6O4. The zero-order chi connectivity index (χ0) is 26.3. The summed E-state index contributed by atoms with van der Waals surface area (Å²) >= 11 is 12.3. The maximum absolute atomic E-state index is 13.5. The van der Waals surface area contributed by atoms with Crippen LogP contribution in [0.2, 0.25) is 10.2 Å². The number of benzene rings is 1. The minimum absolute atomic E-state index is 0.0747. The van der Waals surface area contributed by atoms with Gasteiger partial charge in [-0.25, -0.2) is 14.8 Å². The van der Waals surface area contributed by atoms with E-state index in [0.29, 0.717) is 39.0 Å². The summed E-state index contributed by atoms with van der Waals surface area (Å²) in [5.41, 5.74) is 0.691. The molecular weight excluding hydrogens is 519 g/mol. The van der Waals surface area contributed by atoms with Crippen LogP contribution in [0.4, 0.5) is 5.69 Å². The van der Waals surface area contributed by atoms with Crippen molar-refractivity contribution in [2.45, 2.75) is 50.0 Å². The topological polar surface area (TPSA) is 136 Å². The molecule has 3 aliphatic rings. The Balaban J connectivity index is 1.40. The van der Waals surface area contributed by atoms with E-state index in [1.807, 2.05) is 6.92 Å². The first-order chi connectivity index (χ1) is 17.5. The van der Waals surface area contributed by atoms with Gasteiger partial charge < -0.3 is 14.9 Å². The number of aryl methyl sites for hydroxylation is 1. The fourth-order valence-corrected chi connectivity index (χ4v) is 6.33. The van der Waals surface area contributed by atoms with E-state index >= 15 is 0 Å². The normalized spacial score (nSPS) is 22.8. The average Bonchev–Trinajstić information content (AvgIpc) is 3.22. The minimum Gasteiger partial charge on any atom is -0.476 e. The number of hydrogen-bond donors (Lipinski definition) is 2. The van der Waals surface area contributed by atoms with Crippen LogP contribution in [0, 0.1) is 6.92 Å². The molecule has 190 valence electrons. The first-order valence-electron chi connectivity index (χ1n) is 11.7. The molecule has 0 saturated heterocycles. The second-order valence-electron chi connectivity index (χ2n) is 10.1. The highest BCUT2D eigenvalue weighted by Crippen LogP contribution is 2.73. The first-order valence-corrected chi connectivity index (χ1v) is 12.5. The van der Waals surface area contributed by atoms with E-state index in [0.717, 1.165) is 19.3 Å². The summed E-state index contributed by atoms with van der Waals surface area (Å²) in [6.07, 6.45) is 2.34. The van der Waals surface area contributed by atoms with Crippen LogP contribution >= 0.6 is 23.2 Å². The van der Waals surface area contributed by atoms with Gasteiger partial charge in [-0.15, -0.1) is 0 Å². The van der Waals surface area contributed by atoms with Crippen LogP contribution in [0.15, 0.2) is 33.6 Å². The highest BCUT2D eigenvalue weighted by atomic mass is 35.5. The van der Waals surface area contributed by atoms with Crippen molar-refractivity contribution in [3.8, 4) is 0 Å². The number of halogens is 2. The first kappa shape index (κ1) is 23.9. The summed E-state index contributed by atoms with van der Waals surface area (Å²) in [5, 5.41) is 17.5. The molecule has 3 aromatic heterocycles. The Bertz CT molecular complexity index is 1660. The van der Waals surface area contributed by atoms with Crippen LogP contribution < -0.4 is 10.9 Å². The number of carboxylic acids is 1. The molecule has 4 aromatic rings. The van der Waals surface area contributed by atoms with E-state index in [4.69, 9.17) is 32.7 Å². The number of fused-ring (bicyclic) bond motifs is 1. The maximum Gasteiger partial charge on any atom is 0.356 e. The molecule has 3 aliphatic carbocycles. The number of aromatic nitrogens is 5. The summed E-state index contributed by atoms with van der Waals surface area (Å²) in [6.45, 7) is 3.64. The van der Waals surface area contributed by atoms with Gasteiger partial charge in [0.2, 0.25) is 5.89 Å². The molecule has 0 aliphatic heterocycles. The zero-order valence-electron chi connectivity index (χ0n) is 20.2. The van der Waals surface area contributed by atoms with Crippen molar-refractivity contribution in [2.75, 3.05) is 5.32 Å². The predicted octanol–water partition coefficient (Wildman–Crippen LogP) is 4.57. The molecule has 37 heavy (non-hydrogen) atoms. The molecule has 0 unspecified atom stereocenters. The van der Waals surface area contributed by atoms with Gasteiger partial charge in [0.1, 0.15) is 11.0 Å². The SMILES string of the molecule is Cc1noc(C23CC(c4nc5c([C@@H](C)Nc6ccc(Cl)nc6C(=O)O)cc(Cl)cc5c(=O)n4C)(C2)C3)n1. The number of hydrogen-bond acceptors (Lipinski definition) is 8. The summed E-state index contributed by atoms with van der Waals surface area (Å²) in [4.78, 5) is 38.5. The van der Waals surface area contributed by atoms with Crippen LogP contribution in [0.5, 0.6) is 0 Å². The lowest BCUT2D eigenvalue weighted by Gasteiger charge is -2.68. The lowest BCUT2D eigenvalue weighted by Crippen LogP contribution is -2.68. The Morgan fingerprint density at radius 2 is 1.89 bits per heavy atom. The van der Waals surface area contributed by atoms with Crippen molar-refractivity contribution in [3.63, 3.8) is 0 Å². The van der Waals surface area contributed by atoms with Crippen LogP contribution in [-0.4, -0.2) is 35.8 Å². The smallest absolute Gasteiger partial charge is 0.356 e. The number of carboxylic acid groups (broad SMARTS) is 1. The van der Waals surface area contributed by atoms with E-state index in [9.17, 15) is 14.7 Å². The van der Waals surface area contributed by atoms with E-state index in [1.165, 1.54) is 6.07 Å². The monoisotopic (exact) mass is 540 g/mol. The summed E-state index contributed by atoms with van der Waals surface area (Å²) in [7, 11) is 1.73. The van der Waals surface area contributed by atoms with Crippen LogP contribution in [0.1, 0.15) is 65.8 Å². The molecule has 1 atom stereocenters. The Kier molecular flexibility index (Phi) is 5.16. The number of aromatic carboxylic acids is 1. The molecule has 3 heterocycles. The van der Waals surface area contributed by atoms with Crippen molar-refractivity contribution < 1.29 is 14.4 Å². The third kappa shape index (κ3) is 3.53. The van der Waals surface area contributed by atoms with Gasteiger partial charge in [0.05, 0.1) is 28.0 Å². The fourth-order valence-electron chi connectivity index (χ4n) is 5.96. The third-order valence-electron chi connectivity index (χ3n) is 7.56. The molecule has 0 spiro atoms. The van der Waals surface area contributed by atoms with Gasteiger partial charge in [0, 0.05) is 23.0 Å². The van der Waals surface area contributed by atoms with Crippen molar-refractivity contribution in [2.24, 2.45) is 7.05 Å². The van der Waals surface area contributed by atoms with Gasteiger partial charge in [-0.05, 0) is 57.4 Å². The summed E-state index contributed by atoms with van der Waals surface area (Å²) in [5.74, 6) is 0.749. The molecule has 2 N–H and O–H groups in total. The molecule has 3 saturated carbocycles. The van der Waals surface area contributed by atoms with E-state index in [2.05, 4.69) is 20.4 Å². The largest absolute Gasteiger partial charge is 0.476 e. The Hall–Kier alpha value is -3.50. The van der Waals surface area contributed by atoms with E-state index in [1.54, 1.807) is 36.7 Å². The van der Waals surface area contributed by atoms with Crippen LogP contribution in [0.25, 0.3) is 10.9 Å². The molecule has 1 aromatic carbocycles. The predicted molar refractivity (Wildman–Crippen MR) is 136 cm³/mol. The van der Waals surface area contributed by atoms with Gasteiger partial charge >= 0.3 is 5.97 Å². The van der Waals surface area contributed by atoms with E-state index in [-0.39, 0.29) is 32.9 Å². The second kappa shape index (κ2) is 8.00. The number of nitrogens with zero attached hydrogens (tertiary/aromatic N) is 5. The summed E-state index contributed by atoms with van der Waals surface area (Å²) < 4.78 is 7.05. The van der Waals surface area contributed by atoms with Crippen molar-refractivity contribution in [3.05, 3.63) is 73.6 Å². The molecule has 10 nitrogen and oxygen atoms in total. The quantitative estimate of drug-likeness (QED) is 0.337. The fraction of sp³-hybridized carbons (Fsp3) is 0.360. The Labute approximate surface area is 220 Å². The van der Waals surface area contributed by atoms with Crippen molar-refractivity contribution >= 4 is 45.8 Å². The zero-order valence-corrected chi connectivity index (χ0v) is 21.7. The van der Waals surface area contributed by atoms with E-state index < -0.39 is 12.0 Å². The summed E-state index contributed by atoms with van der Waals surface area (Å²) in [6, 6.07) is 5.97. The molecule has 2 bridgehead atoms. The Morgan fingerprint density at radius 1 is 1.16 bits per heavy atom. The number of pyridine rings is 1.